The molecule has 1 rings (SSSR count). The van der Waals surface area contributed by atoms with Gasteiger partial charge in [0, 0.05) is 19.1 Å². The second-order valence-electron chi connectivity index (χ2n) is 4.58. The fraction of sp³-hybridized carbons (Fsp3) is 1.00. The Morgan fingerprint density at radius 2 is 2.25 bits per heavy atom. The average molecular weight is 250 g/mol. The Labute approximate surface area is 97.9 Å². The highest BCUT2D eigenvalue weighted by molar-refractivity contribution is 7.88. The Hall–Kier alpha value is -0.170. The zero-order valence-electron chi connectivity index (χ0n) is 10.0. The van der Waals surface area contributed by atoms with E-state index in [9.17, 15) is 13.5 Å². The molecule has 0 aliphatic carbocycles. The molecule has 1 saturated heterocycles. The maximum Gasteiger partial charge on any atom is 0.208 e. The molecule has 96 valence electrons. The molecule has 2 N–H and O–H groups in total. The van der Waals surface area contributed by atoms with E-state index in [1.54, 1.807) is 6.92 Å². The Balaban J connectivity index is 2.30. The summed E-state index contributed by atoms with van der Waals surface area (Å²) in [5.74, 6) is 0. The zero-order chi connectivity index (χ0) is 12.2. The van der Waals surface area contributed by atoms with E-state index in [2.05, 4.69) is 9.62 Å². The van der Waals surface area contributed by atoms with Gasteiger partial charge in [0.15, 0.2) is 0 Å². The lowest BCUT2D eigenvalue weighted by Crippen LogP contribution is -2.38. The summed E-state index contributed by atoms with van der Waals surface area (Å²) >= 11 is 0. The molecule has 1 aliphatic rings. The number of nitrogens with zero attached hydrogens (tertiary/aromatic N) is 1. The first-order valence-corrected chi connectivity index (χ1v) is 7.64. The Morgan fingerprint density at radius 1 is 1.56 bits per heavy atom. The van der Waals surface area contributed by atoms with Crippen molar-refractivity contribution >= 4 is 10.0 Å². The van der Waals surface area contributed by atoms with E-state index in [1.165, 1.54) is 6.26 Å². The minimum absolute atomic E-state index is 0.284. The van der Waals surface area contributed by atoms with Crippen LogP contribution in [-0.4, -0.2) is 56.5 Å². The summed E-state index contributed by atoms with van der Waals surface area (Å²) in [6.45, 7) is 3.98. The zero-order valence-corrected chi connectivity index (χ0v) is 10.8. The second-order valence-corrected chi connectivity index (χ2v) is 6.42. The van der Waals surface area contributed by atoms with Crippen molar-refractivity contribution in [3.8, 4) is 0 Å². The molecular formula is C10H22N2O3S. The predicted molar refractivity (Wildman–Crippen MR) is 63.7 cm³/mol. The highest BCUT2D eigenvalue weighted by atomic mass is 32.2. The van der Waals surface area contributed by atoms with Gasteiger partial charge in [-0.2, -0.15) is 0 Å². The van der Waals surface area contributed by atoms with Crippen LogP contribution >= 0.6 is 0 Å². The Bertz CT molecular complexity index is 303. The van der Waals surface area contributed by atoms with Gasteiger partial charge in [0.1, 0.15) is 0 Å². The number of hydrogen-bond donors (Lipinski definition) is 2. The van der Waals surface area contributed by atoms with Crippen LogP contribution in [0.3, 0.4) is 0 Å². The molecular weight excluding hydrogens is 228 g/mol. The summed E-state index contributed by atoms with van der Waals surface area (Å²) in [5, 5.41) is 9.35. The lowest BCUT2D eigenvalue weighted by molar-refractivity contribution is 0.135. The summed E-state index contributed by atoms with van der Waals surface area (Å²) in [7, 11) is -3.08. The van der Waals surface area contributed by atoms with Gasteiger partial charge in [-0.05, 0) is 32.7 Å². The molecule has 6 heteroatoms. The maximum absolute atomic E-state index is 10.9. The van der Waals surface area contributed by atoms with E-state index in [-0.39, 0.29) is 6.10 Å². The first kappa shape index (κ1) is 13.9. The van der Waals surface area contributed by atoms with Gasteiger partial charge in [-0.3, -0.25) is 4.90 Å². The van der Waals surface area contributed by atoms with Gasteiger partial charge in [0.2, 0.25) is 10.0 Å². The van der Waals surface area contributed by atoms with Crippen molar-refractivity contribution in [1.29, 1.82) is 0 Å². The quantitative estimate of drug-likeness (QED) is 0.683. The van der Waals surface area contributed by atoms with E-state index in [0.717, 1.165) is 32.4 Å². The minimum atomic E-state index is -3.08. The summed E-state index contributed by atoms with van der Waals surface area (Å²) < 4.78 is 24.3. The summed E-state index contributed by atoms with van der Waals surface area (Å²) in [5.41, 5.74) is 0. The van der Waals surface area contributed by atoms with Crippen LogP contribution in [0, 0.1) is 0 Å². The molecule has 1 fully saturated rings. The fourth-order valence-corrected chi connectivity index (χ4v) is 2.69. The number of rotatable bonds is 6. The van der Waals surface area contributed by atoms with Gasteiger partial charge in [-0.1, -0.05) is 0 Å². The van der Waals surface area contributed by atoms with Crippen molar-refractivity contribution in [3.05, 3.63) is 0 Å². The number of hydrogen-bond acceptors (Lipinski definition) is 4. The van der Waals surface area contributed by atoms with Crippen LogP contribution in [0.5, 0.6) is 0 Å². The highest BCUT2D eigenvalue weighted by Crippen LogP contribution is 2.20. The summed E-state index contributed by atoms with van der Waals surface area (Å²) in [6.07, 6.45) is 3.90. The molecule has 2 unspecified atom stereocenters. The third-order valence-corrected chi connectivity index (χ3v) is 3.60. The van der Waals surface area contributed by atoms with Crippen LogP contribution < -0.4 is 4.72 Å². The van der Waals surface area contributed by atoms with Crippen molar-refractivity contribution in [3.63, 3.8) is 0 Å². The molecule has 0 spiro atoms. The van der Waals surface area contributed by atoms with E-state index in [4.69, 9.17) is 0 Å². The number of aliphatic hydroxyl groups is 1. The number of aliphatic hydroxyl groups excluding tert-OH is 1. The SMILES string of the molecule is CC(O)CC1CCCN1CCNS(C)(=O)=O. The average Bonchev–Trinajstić information content (AvgIpc) is 2.49. The monoisotopic (exact) mass is 250 g/mol. The summed E-state index contributed by atoms with van der Waals surface area (Å²) in [6, 6.07) is 0.404. The largest absolute Gasteiger partial charge is 0.393 e. The van der Waals surface area contributed by atoms with E-state index in [0.29, 0.717) is 12.6 Å². The molecule has 0 radical (unpaired) electrons. The summed E-state index contributed by atoms with van der Waals surface area (Å²) in [4.78, 5) is 2.25. The Morgan fingerprint density at radius 3 is 2.81 bits per heavy atom. The van der Waals surface area contributed by atoms with Crippen molar-refractivity contribution in [2.24, 2.45) is 0 Å². The van der Waals surface area contributed by atoms with Crippen molar-refractivity contribution in [2.45, 2.75) is 38.3 Å². The molecule has 2 atom stereocenters. The Kier molecular flexibility index (Phi) is 5.17. The van der Waals surface area contributed by atoms with Crippen molar-refractivity contribution in [1.82, 2.24) is 9.62 Å². The fourth-order valence-electron chi connectivity index (χ4n) is 2.22. The van der Waals surface area contributed by atoms with E-state index in [1.807, 2.05) is 0 Å². The molecule has 5 nitrogen and oxygen atoms in total. The molecule has 0 saturated carbocycles. The minimum Gasteiger partial charge on any atom is -0.393 e. The first-order chi connectivity index (χ1) is 7.38. The maximum atomic E-state index is 10.9. The molecule has 0 amide bonds. The van der Waals surface area contributed by atoms with Gasteiger partial charge in [0.05, 0.1) is 12.4 Å². The van der Waals surface area contributed by atoms with Crippen LogP contribution in [-0.2, 0) is 10.0 Å². The molecule has 0 aromatic carbocycles. The normalized spacial score (nSPS) is 24.8. The van der Waals surface area contributed by atoms with Crippen LogP contribution in [0.2, 0.25) is 0 Å². The van der Waals surface area contributed by atoms with Crippen molar-refractivity contribution in [2.75, 3.05) is 25.9 Å². The molecule has 16 heavy (non-hydrogen) atoms. The van der Waals surface area contributed by atoms with E-state index >= 15 is 0 Å². The predicted octanol–water partition coefficient (Wildman–Crippen LogP) is -0.229. The van der Waals surface area contributed by atoms with Gasteiger partial charge in [0.25, 0.3) is 0 Å². The number of likely N-dealkylation sites (tertiary alicyclic amines) is 1. The van der Waals surface area contributed by atoms with Gasteiger partial charge >= 0.3 is 0 Å². The molecule has 0 aromatic heterocycles. The van der Waals surface area contributed by atoms with Crippen LogP contribution in [0.1, 0.15) is 26.2 Å². The van der Waals surface area contributed by atoms with Gasteiger partial charge < -0.3 is 5.11 Å². The van der Waals surface area contributed by atoms with Gasteiger partial charge in [-0.15, -0.1) is 0 Å². The molecule has 1 heterocycles. The van der Waals surface area contributed by atoms with Crippen molar-refractivity contribution < 1.29 is 13.5 Å². The third-order valence-electron chi connectivity index (χ3n) is 2.88. The molecule has 0 bridgehead atoms. The van der Waals surface area contributed by atoms with E-state index < -0.39 is 10.0 Å². The lowest BCUT2D eigenvalue weighted by atomic mass is 10.1. The number of nitrogens with one attached hydrogen (secondary N) is 1. The topological polar surface area (TPSA) is 69.6 Å². The third kappa shape index (κ3) is 5.25. The van der Waals surface area contributed by atoms with Gasteiger partial charge in [-0.25, -0.2) is 13.1 Å². The number of sulfonamides is 1. The van der Waals surface area contributed by atoms with Crippen LogP contribution in [0.25, 0.3) is 0 Å². The van der Waals surface area contributed by atoms with Crippen LogP contribution in [0.15, 0.2) is 0 Å². The van der Waals surface area contributed by atoms with Crippen LogP contribution in [0.4, 0.5) is 0 Å². The first-order valence-electron chi connectivity index (χ1n) is 5.75. The lowest BCUT2D eigenvalue weighted by Gasteiger charge is -2.25. The molecule has 1 aliphatic heterocycles. The smallest absolute Gasteiger partial charge is 0.208 e. The standard InChI is InChI=1S/C10H22N2O3S/c1-9(13)8-10-4-3-6-12(10)7-5-11-16(2,14)15/h9-11,13H,3-8H2,1-2H3. The second kappa shape index (κ2) is 5.95. The highest BCUT2D eigenvalue weighted by Gasteiger charge is 2.25. The molecule has 0 aromatic rings.